The van der Waals surface area contributed by atoms with E-state index >= 15 is 0 Å². The number of hydrogen-bond acceptors (Lipinski definition) is 0. The van der Waals surface area contributed by atoms with Crippen LogP contribution in [0.5, 0.6) is 0 Å². The summed E-state index contributed by atoms with van der Waals surface area (Å²) in [6, 6.07) is 17.7. The van der Waals surface area contributed by atoms with Crippen molar-refractivity contribution in [3.05, 3.63) is 57.7 Å². The Morgan fingerprint density at radius 1 is 0.769 bits per heavy atom. The molecule has 0 aliphatic carbocycles. The van der Waals surface area contributed by atoms with Crippen molar-refractivity contribution in [2.24, 2.45) is 0 Å². The van der Waals surface area contributed by atoms with E-state index in [0.717, 1.165) is 0 Å². The number of benzene rings is 2. The van der Waals surface area contributed by atoms with E-state index in [2.05, 4.69) is 78.0 Å². The third-order valence-electron chi connectivity index (χ3n) is 3.96. The number of unbranched alkanes of at least 4 members (excludes halogenated alkanes) is 5. The molecule has 0 saturated heterocycles. The topological polar surface area (TPSA) is 0 Å². The second kappa shape index (κ2) is 12.4. The minimum absolute atomic E-state index is 1.22. The average molecular weight is 479 g/mol. The molecular weight excluding hydrogens is 454 g/mol. The molecule has 0 aromatic heterocycles. The second-order valence-electron chi connectivity index (χ2n) is 6.19. The highest BCUT2D eigenvalue weighted by Crippen LogP contribution is 2.25. The zero-order chi connectivity index (χ0) is 19.4. The summed E-state index contributed by atoms with van der Waals surface area (Å²) in [6.45, 7) is 2.27. The van der Waals surface area contributed by atoms with Gasteiger partial charge in [0.1, 0.15) is 0 Å². The molecular formula is C20H25BF4I-. The summed E-state index contributed by atoms with van der Waals surface area (Å²) < 4.78 is 40.3. The molecule has 0 nitrogen and oxygen atoms in total. The summed E-state index contributed by atoms with van der Waals surface area (Å²) in [5.41, 5.74) is 4.14. The Balaban J connectivity index is 0.000000597. The lowest BCUT2D eigenvalue weighted by Gasteiger charge is -2.06. The summed E-state index contributed by atoms with van der Waals surface area (Å²) in [5.74, 6) is 0. The van der Waals surface area contributed by atoms with Crippen LogP contribution in [0.15, 0.2) is 48.5 Å². The Morgan fingerprint density at radius 3 is 1.88 bits per heavy atom. The second-order valence-corrected chi connectivity index (χ2v) is 7.35. The maximum absolute atomic E-state index is 9.75. The van der Waals surface area contributed by atoms with Crippen LogP contribution in [0.3, 0.4) is 0 Å². The van der Waals surface area contributed by atoms with Gasteiger partial charge < -0.3 is 17.3 Å². The van der Waals surface area contributed by atoms with E-state index in [0.29, 0.717) is 0 Å². The van der Waals surface area contributed by atoms with Crippen LogP contribution in [0.2, 0.25) is 0 Å². The summed E-state index contributed by atoms with van der Waals surface area (Å²) in [5, 5.41) is 0. The molecule has 0 bridgehead atoms. The third-order valence-corrected chi connectivity index (χ3v) is 4.90. The Morgan fingerprint density at radius 2 is 1.31 bits per heavy atom. The molecule has 0 radical (unpaired) electrons. The zero-order valence-corrected chi connectivity index (χ0v) is 17.2. The molecule has 2 aromatic rings. The van der Waals surface area contributed by atoms with E-state index in [1.807, 2.05) is 0 Å². The highest BCUT2D eigenvalue weighted by atomic mass is 127. The van der Waals surface area contributed by atoms with Gasteiger partial charge in [-0.3, -0.25) is 0 Å². The number of rotatable bonds is 8. The average Bonchev–Trinajstić information content (AvgIpc) is 2.58. The molecule has 0 spiro atoms. The van der Waals surface area contributed by atoms with Gasteiger partial charge in [0.05, 0.1) is 0 Å². The molecule has 6 heteroatoms. The van der Waals surface area contributed by atoms with Gasteiger partial charge in [-0.15, -0.1) is 0 Å². The Kier molecular flexibility index (Phi) is 10.9. The largest absolute Gasteiger partial charge is 0.673 e. The first-order chi connectivity index (χ1) is 12.3. The minimum Gasteiger partial charge on any atom is -0.418 e. The quantitative estimate of drug-likeness (QED) is 0.155. The third kappa shape index (κ3) is 10.8. The lowest BCUT2D eigenvalue weighted by molar-refractivity contribution is 0.368. The van der Waals surface area contributed by atoms with Crippen molar-refractivity contribution in [3.8, 4) is 11.1 Å². The maximum atomic E-state index is 9.75. The monoisotopic (exact) mass is 479 g/mol. The van der Waals surface area contributed by atoms with E-state index in [1.54, 1.807) is 0 Å². The first-order valence-electron chi connectivity index (χ1n) is 9.02. The molecule has 0 N–H and O–H groups in total. The van der Waals surface area contributed by atoms with Gasteiger partial charge in [0, 0.05) is 3.57 Å². The van der Waals surface area contributed by atoms with Gasteiger partial charge >= 0.3 is 7.25 Å². The molecule has 0 amide bonds. The zero-order valence-electron chi connectivity index (χ0n) is 15.0. The van der Waals surface area contributed by atoms with Gasteiger partial charge in [-0.25, -0.2) is 0 Å². The summed E-state index contributed by atoms with van der Waals surface area (Å²) >= 11 is 2.41. The van der Waals surface area contributed by atoms with Gasteiger partial charge in [-0.2, -0.15) is 0 Å². The number of aryl methyl sites for hydroxylation is 1. The van der Waals surface area contributed by atoms with Crippen molar-refractivity contribution in [3.63, 3.8) is 0 Å². The molecule has 0 fully saturated rings. The van der Waals surface area contributed by atoms with Crippen LogP contribution < -0.4 is 0 Å². The Hall–Kier alpha value is -1.05. The fourth-order valence-corrected chi connectivity index (χ4v) is 3.35. The lowest BCUT2D eigenvalue weighted by Crippen LogP contribution is -2.02. The molecule has 144 valence electrons. The van der Waals surface area contributed by atoms with Crippen LogP contribution in [0.4, 0.5) is 17.3 Å². The molecule has 2 aromatic carbocycles. The van der Waals surface area contributed by atoms with Gasteiger partial charge in [-0.1, -0.05) is 81.5 Å². The molecule has 0 atom stereocenters. The fourth-order valence-electron chi connectivity index (χ4n) is 2.66. The van der Waals surface area contributed by atoms with Crippen molar-refractivity contribution in [1.29, 1.82) is 0 Å². The van der Waals surface area contributed by atoms with Crippen LogP contribution in [0.1, 0.15) is 51.0 Å². The van der Waals surface area contributed by atoms with Gasteiger partial charge in [-0.05, 0) is 58.2 Å². The normalized spacial score (nSPS) is 11.0. The van der Waals surface area contributed by atoms with Crippen molar-refractivity contribution < 1.29 is 17.3 Å². The SMILES string of the molecule is CCCCCCCCc1ccc(-c2ccccc2I)cc1.F[B-](F)(F)F. The van der Waals surface area contributed by atoms with Crippen LogP contribution in [-0.2, 0) is 6.42 Å². The van der Waals surface area contributed by atoms with Crippen LogP contribution in [-0.4, -0.2) is 7.25 Å². The maximum Gasteiger partial charge on any atom is 0.673 e. The molecule has 0 aliphatic rings. The van der Waals surface area contributed by atoms with Crippen molar-refractivity contribution >= 4 is 29.8 Å². The standard InChI is InChI=1S/C20H25I.BF4/c1-2-3-4-5-6-7-10-17-13-15-18(16-14-17)19-11-8-9-12-20(19)21;2-1(3,4)5/h8-9,11-16H,2-7,10H2,1H3;/q;-1. The fraction of sp³-hybridized carbons (Fsp3) is 0.400. The van der Waals surface area contributed by atoms with E-state index < -0.39 is 7.25 Å². The van der Waals surface area contributed by atoms with Crippen LogP contribution in [0.25, 0.3) is 11.1 Å². The van der Waals surface area contributed by atoms with Gasteiger partial charge in [0.15, 0.2) is 0 Å². The summed E-state index contributed by atoms with van der Waals surface area (Å²) in [4.78, 5) is 0. The lowest BCUT2D eigenvalue weighted by atomic mass is 10.0. The number of hydrogen-bond donors (Lipinski definition) is 0. The van der Waals surface area contributed by atoms with Crippen molar-refractivity contribution in [2.75, 3.05) is 0 Å². The first kappa shape index (κ1) is 23.0. The minimum atomic E-state index is -6.00. The predicted molar refractivity (Wildman–Crippen MR) is 112 cm³/mol. The van der Waals surface area contributed by atoms with E-state index in [1.165, 1.54) is 65.2 Å². The van der Waals surface area contributed by atoms with E-state index in [-0.39, 0.29) is 0 Å². The van der Waals surface area contributed by atoms with Gasteiger partial charge in [0.2, 0.25) is 0 Å². The Labute approximate surface area is 167 Å². The molecule has 0 unspecified atom stereocenters. The highest BCUT2D eigenvalue weighted by molar-refractivity contribution is 14.1. The smallest absolute Gasteiger partial charge is 0.418 e. The summed E-state index contributed by atoms with van der Waals surface area (Å²) in [6.07, 6.45) is 9.45. The number of halogens is 5. The molecule has 0 saturated carbocycles. The van der Waals surface area contributed by atoms with Gasteiger partial charge in [0.25, 0.3) is 0 Å². The predicted octanol–water partition coefficient (Wildman–Crippen LogP) is 8.16. The molecule has 2 rings (SSSR count). The molecule has 26 heavy (non-hydrogen) atoms. The molecule has 0 heterocycles. The van der Waals surface area contributed by atoms with Crippen LogP contribution >= 0.6 is 22.6 Å². The first-order valence-corrected chi connectivity index (χ1v) is 10.1. The highest BCUT2D eigenvalue weighted by Gasteiger charge is 2.20. The van der Waals surface area contributed by atoms with Crippen LogP contribution in [0, 0.1) is 3.57 Å². The van der Waals surface area contributed by atoms with E-state index in [4.69, 9.17) is 0 Å². The van der Waals surface area contributed by atoms with Crippen molar-refractivity contribution in [1.82, 2.24) is 0 Å². The summed E-state index contributed by atoms with van der Waals surface area (Å²) in [7, 11) is -6.00. The van der Waals surface area contributed by atoms with E-state index in [9.17, 15) is 17.3 Å². The Bertz CT molecular complexity index is 620. The van der Waals surface area contributed by atoms with Crippen molar-refractivity contribution in [2.45, 2.75) is 51.9 Å². The molecule has 0 aliphatic heterocycles.